The van der Waals surface area contributed by atoms with Gasteiger partial charge >= 0.3 is 0 Å². The zero-order valence-corrected chi connectivity index (χ0v) is 9.34. The first-order valence-electron chi connectivity index (χ1n) is 5.11. The molecule has 0 heterocycles. The van der Waals surface area contributed by atoms with Crippen LogP contribution in [0, 0.1) is 5.41 Å². The average Bonchev–Trinajstić information content (AvgIpc) is 2.30. The van der Waals surface area contributed by atoms with Gasteiger partial charge in [-0.05, 0) is 31.1 Å². The first-order chi connectivity index (χ1) is 5.66. The summed E-state index contributed by atoms with van der Waals surface area (Å²) >= 11 is 9.48. The number of hydrogen-bond donors (Lipinski definition) is 2. The van der Waals surface area contributed by atoms with Crippen molar-refractivity contribution in [2.24, 2.45) is 5.41 Å². The summed E-state index contributed by atoms with van der Waals surface area (Å²) in [6.07, 6.45) is 10.9. The normalized spacial score (nSPS) is 32.5. The van der Waals surface area contributed by atoms with Crippen molar-refractivity contribution in [2.75, 3.05) is 0 Å². The highest BCUT2D eigenvalue weighted by Gasteiger charge is 2.50. The van der Waals surface area contributed by atoms with Gasteiger partial charge in [0.25, 0.3) is 0 Å². The number of hydrogen-bond acceptors (Lipinski definition) is 2. The third-order valence-corrected chi connectivity index (χ3v) is 5.24. The first kappa shape index (κ1) is 9.26. The van der Waals surface area contributed by atoms with Gasteiger partial charge < -0.3 is 0 Å². The molecule has 0 bridgehead atoms. The molecule has 12 heavy (non-hydrogen) atoms. The van der Waals surface area contributed by atoms with Crippen LogP contribution in [-0.4, -0.2) is 4.08 Å². The molecule has 0 nitrogen and oxygen atoms in total. The van der Waals surface area contributed by atoms with Crippen LogP contribution in [0.4, 0.5) is 0 Å². The molecule has 0 saturated heterocycles. The minimum atomic E-state index is 0.0490. The van der Waals surface area contributed by atoms with Crippen LogP contribution in [0.15, 0.2) is 0 Å². The predicted octanol–water partition coefficient (Wildman–Crippen LogP) is 3.68. The van der Waals surface area contributed by atoms with Crippen molar-refractivity contribution in [1.29, 1.82) is 0 Å². The van der Waals surface area contributed by atoms with Gasteiger partial charge in [0.1, 0.15) is 0 Å². The highest BCUT2D eigenvalue weighted by Crippen LogP contribution is 2.59. The van der Waals surface area contributed by atoms with Crippen LogP contribution in [0.3, 0.4) is 0 Å². The lowest BCUT2D eigenvalue weighted by Crippen LogP contribution is -2.36. The summed E-state index contributed by atoms with van der Waals surface area (Å²) in [5.74, 6) is 0. The van der Waals surface area contributed by atoms with Crippen LogP contribution in [0.2, 0.25) is 0 Å². The van der Waals surface area contributed by atoms with E-state index in [0.29, 0.717) is 5.41 Å². The van der Waals surface area contributed by atoms with Gasteiger partial charge in [-0.1, -0.05) is 25.7 Å². The molecule has 1 spiro atoms. The molecule has 2 aliphatic rings. The number of thiol groups is 2. The second-order valence-corrected chi connectivity index (χ2v) is 6.39. The molecule has 2 aliphatic carbocycles. The van der Waals surface area contributed by atoms with Crippen molar-refractivity contribution < 1.29 is 0 Å². The minimum absolute atomic E-state index is 0.0490. The van der Waals surface area contributed by atoms with Crippen molar-refractivity contribution in [1.82, 2.24) is 0 Å². The molecule has 70 valence electrons. The fourth-order valence-electron chi connectivity index (χ4n) is 3.02. The molecule has 2 fully saturated rings. The Balaban J connectivity index is 2.17. The lowest BCUT2D eigenvalue weighted by atomic mass is 9.72. The van der Waals surface area contributed by atoms with Gasteiger partial charge in [-0.3, -0.25) is 0 Å². The molecule has 0 aliphatic heterocycles. The van der Waals surface area contributed by atoms with Gasteiger partial charge in [0.15, 0.2) is 0 Å². The standard InChI is InChI=1S/C10H18S2/c11-10(12)8-4-7-9(10)5-2-1-3-6-9/h11-12H,1-8H2. The highest BCUT2D eigenvalue weighted by molar-refractivity contribution is 8.00. The monoisotopic (exact) mass is 202 g/mol. The second kappa shape index (κ2) is 3.13. The van der Waals surface area contributed by atoms with E-state index in [2.05, 4.69) is 0 Å². The van der Waals surface area contributed by atoms with Crippen LogP contribution in [-0.2, 0) is 0 Å². The van der Waals surface area contributed by atoms with E-state index in [0.717, 1.165) is 0 Å². The van der Waals surface area contributed by atoms with Crippen LogP contribution in [0.5, 0.6) is 0 Å². The minimum Gasteiger partial charge on any atom is -0.161 e. The van der Waals surface area contributed by atoms with Crippen molar-refractivity contribution in [3.8, 4) is 0 Å². The van der Waals surface area contributed by atoms with Crippen molar-refractivity contribution in [3.05, 3.63) is 0 Å². The molecule has 0 amide bonds. The van der Waals surface area contributed by atoms with Gasteiger partial charge in [-0.2, -0.15) is 25.3 Å². The molecule has 0 aromatic carbocycles. The van der Waals surface area contributed by atoms with Gasteiger partial charge in [-0.25, -0.2) is 0 Å². The Labute approximate surface area is 86.3 Å². The summed E-state index contributed by atoms with van der Waals surface area (Å²) < 4.78 is 0.0490. The third kappa shape index (κ3) is 1.31. The lowest BCUT2D eigenvalue weighted by molar-refractivity contribution is 0.193. The number of rotatable bonds is 0. The zero-order chi connectivity index (χ0) is 8.66. The Kier molecular flexibility index (Phi) is 2.41. The van der Waals surface area contributed by atoms with E-state index in [1.54, 1.807) is 0 Å². The lowest BCUT2D eigenvalue weighted by Gasteiger charge is -2.43. The SMILES string of the molecule is SC1(S)CCCC12CCCCC2. The largest absolute Gasteiger partial charge is 0.161 e. The van der Waals surface area contributed by atoms with Gasteiger partial charge in [0, 0.05) is 0 Å². The fourth-order valence-corrected chi connectivity index (χ4v) is 4.00. The van der Waals surface area contributed by atoms with Gasteiger partial charge in [0.05, 0.1) is 4.08 Å². The van der Waals surface area contributed by atoms with Crippen LogP contribution in [0.25, 0.3) is 0 Å². The van der Waals surface area contributed by atoms with Crippen LogP contribution in [0.1, 0.15) is 51.4 Å². The molecule has 2 saturated carbocycles. The Morgan fingerprint density at radius 3 is 1.75 bits per heavy atom. The maximum Gasteiger partial charge on any atom is 0.0607 e. The predicted molar refractivity (Wildman–Crippen MR) is 60.1 cm³/mol. The van der Waals surface area contributed by atoms with Gasteiger partial charge in [0.2, 0.25) is 0 Å². The smallest absolute Gasteiger partial charge is 0.0607 e. The van der Waals surface area contributed by atoms with E-state index >= 15 is 0 Å². The summed E-state index contributed by atoms with van der Waals surface area (Å²) in [5, 5.41) is 0. The van der Waals surface area contributed by atoms with Gasteiger partial charge in [-0.15, -0.1) is 0 Å². The van der Waals surface area contributed by atoms with E-state index < -0.39 is 0 Å². The fraction of sp³-hybridized carbons (Fsp3) is 1.00. The van der Waals surface area contributed by atoms with E-state index in [1.165, 1.54) is 51.4 Å². The second-order valence-electron chi connectivity index (χ2n) is 4.51. The molecule has 0 aromatic heterocycles. The summed E-state index contributed by atoms with van der Waals surface area (Å²) in [6.45, 7) is 0. The molecule has 0 atom stereocenters. The summed E-state index contributed by atoms with van der Waals surface area (Å²) in [6, 6.07) is 0. The van der Waals surface area contributed by atoms with E-state index in [4.69, 9.17) is 25.3 Å². The van der Waals surface area contributed by atoms with Crippen molar-refractivity contribution in [2.45, 2.75) is 55.4 Å². The molecule has 0 radical (unpaired) electrons. The quantitative estimate of drug-likeness (QED) is 0.434. The summed E-state index contributed by atoms with van der Waals surface area (Å²) in [5.41, 5.74) is 0.497. The third-order valence-electron chi connectivity index (χ3n) is 3.84. The van der Waals surface area contributed by atoms with Crippen molar-refractivity contribution in [3.63, 3.8) is 0 Å². The Morgan fingerprint density at radius 1 is 0.667 bits per heavy atom. The first-order valence-corrected chi connectivity index (χ1v) is 6.01. The molecule has 2 rings (SSSR count). The molecule has 0 N–H and O–H groups in total. The zero-order valence-electron chi connectivity index (χ0n) is 7.55. The maximum absolute atomic E-state index is 4.74. The van der Waals surface area contributed by atoms with Crippen molar-refractivity contribution >= 4 is 25.3 Å². The van der Waals surface area contributed by atoms with E-state index in [-0.39, 0.29) is 4.08 Å². The molecular weight excluding hydrogens is 184 g/mol. The summed E-state index contributed by atoms with van der Waals surface area (Å²) in [4.78, 5) is 0. The highest BCUT2D eigenvalue weighted by atomic mass is 32.2. The molecule has 0 aromatic rings. The Bertz CT molecular complexity index is 169. The van der Waals surface area contributed by atoms with Crippen LogP contribution >= 0.6 is 25.3 Å². The maximum atomic E-state index is 4.74. The summed E-state index contributed by atoms with van der Waals surface area (Å²) in [7, 11) is 0. The van der Waals surface area contributed by atoms with E-state index in [1.807, 2.05) is 0 Å². The molecule has 2 heteroatoms. The Morgan fingerprint density at radius 2 is 1.25 bits per heavy atom. The molecular formula is C10H18S2. The average molecular weight is 202 g/mol. The topological polar surface area (TPSA) is 0 Å². The van der Waals surface area contributed by atoms with Crippen LogP contribution < -0.4 is 0 Å². The molecule has 0 unspecified atom stereocenters. The Hall–Kier alpha value is 0.700. The van der Waals surface area contributed by atoms with E-state index in [9.17, 15) is 0 Å².